The zero-order valence-corrected chi connectivity index (χ0v) is 14.1. The van der Waals surface area contributed by atoms with Crippen LogP contribution >= 0.6 is 0 Å². The third kappa shape index (κ3) is 5.80. The molecular formula is C18H25BO4. The van der Waals surface area contributed by atoms with Crippen LogP contribution in [0, 0.1) is 0 Å². The molecule has 2 rings (SSSR count). The van der Waals surface area contributed by atoms with Gasteiger partial charge in [-0.15, -0.1) is 0 Å². The lowest BCUT2D eigenvalue weighted by Crippen LogP contribution is -2.44. The average Bonchev–Trinajstić information content (AvgIpc) is 2.47. The first-order valence-electron chi connectivity index (χ1n) is 7.49. The lowest BCUT2D eigenvalue weighted by Gasteiger charge is -2.31. The molecule has 5 heteroatoms. The Labute approximate surface area is 138 Å². The van der Waals surface area contributed by atoms with E-state index in [-0.39, 0.29) is 0 Å². The molecule has 0 atom stereocenters. The van der Waals surface area contributed by atoms with Gasteiger partial charge < -0.3 is 20.3 Å². The summed E-state index contributed by atoms with van der Waals surface area (Å²) >= 11 is 0. The summed E-state index contributed by atoms with van der Waals surface area (Å²) in [4.78, 5) is 0. The Hall–Kier alpha value is -1.66. The second-order valence-electron chi connectivity index (χ2n) is 6.44. The third-order valence-electron chi connectivity index (χ3n) is 3.82. The maximum Gasteiger partial charge on any atom is 0.489 e. The minimum Gasteiger partial charge on any atom is -0.423 e. The van der Waals surface area contributed by atoms with Crippen LogP contribution in [0.25, 0.3) is 11.1 Å². The molecule has 0 fully saturated rings. The van der Waals surface area contributed by atoms with Crippen LogP contribution in [0.3, 0.4) is 0 Å². The van der Waals surface area contributed by atoms with Crippen molar-refractivity contribution in [2.24, 2.45) is 0 Å². The van der Waals surface area contributed by atoms with Crippen LogP contribution in [-0.2, 0) is 0 Å². The zero-order chi connectivity index (χ0) is 17.7. The molecule has 0 amide bonds. The Balaban J connectivity index is 0.000000284. The molecule has 0 spiro atoms. The Morgan fingerprint density at radius 1 is 0.696 bits per heavy atom. The molecule has 0 bridgehead atoms. The topological polar surface area (TPSA) is 80.9 Å². The summed E-state index contributed by atoms with van der Waals surface area (Å²) in [7, 11) is -1.43. The maximum atomic E-state index is 9.22. The van der Waals surface area contributed by atoms with E-state index in [9.17, 15) is 10.0 Å². The zero-order valence-electron chi connectivity index (χ0n) is 14.1. The van der Waals surface area contributed by atoms with Crippen LogP contribution in [0.15, 0.2) is 54.6 Å². The molecule has 0 heterocycles. The maximum absolute atomic E-state index is 9.22. The highest BCUT2D eigenvalue weighted by atomic mass is 16.4. The average molecular weight is 316 g/mol. The monoisotopic (exact) mass is 316 g/mol. The second-order valence-corrected chi connectivity index (χ2v) is 6.44. The summed E-state index contributed by atoms with van der Waals surface area (Å²) < 4.78 is 0. The van der Waals surface area contributed by atoms with Gasteiger partial charge in [-0.1, -0.05) is 54.6 Å². The first-order valence-corrected chi connectivity index (χ1v) is 7.49. The summed E-state index contributed by atoms with van der Waals surface area (Å²) in [6.45, 7) is 6.31. The van der Waals surface area contributed by atoms with E-state index < -0.39 is 18.3 Å². The fourth-order valence-corrected chi connectivity index (χ4v) is 1.60. The predicted molar refractivity (Wildman–Crippen MR) is 94.3 cm³/mol. The Bertz CT molecular complexity index is 586. The van der Waals surface area contributed by atoms with Gasteiger partial charge in [-0.2, -0.15) is 0 Å². The van der Waals surface area contributed by atoms with E-state index in [1.807, 2.05) is 42.5 Å². The Morgan fingerprint density at radius 3 is 1.57 bits per heavy atom. The quantitative estimate of drug-likeness (QED) is 0.648. The van der Waals surface area contributed by atoms with Crippen LogP contribution in [0.2, 0.25) is 0 Å². The highest BCUT2D eigenvalue weighted by Gasteiger charge is 2.31. The number of hydrogen-bond donors (Lipinski definition) is 4. The number of rotatable bonds is 3. The molecule has 0 aliphatic carbocycles. The van der Waals surface area contributed by atoms with E-state index in [1.54, 1.807) is 39.8 Å². The Morgan fingerprint density at radius 2 is 1.13 bits per heavy atom. The molecular weight excluding hydrogens is 291 g/mol. The Kier molecular flexibility index (Phi) is 6.53. The van der Waals surface area contributed by atoms with E-state index >= 15 is 0 Å². The molecule has 4 N–H and O–H groups in total. The van der Waals surface area contributed by atoms with Crippen molar-refractivity contribution in [3.8, 4) is 11.1 Å². The number of benzene rings is 2. The summed E-state index contributed by atoms with van der Waals surface area (Å²) in [6.07, 6.45) is 0. The minimum absolute atomic E-state index is 0.531. The van der Waals surface area contributed by atoms with Crippen molar-refractivity contribution in [2.45, 2.75) is 38.9 Å². The molecule has 0 saturated heterocycles. The molecule has 0 aromatic heterocycles. The fraction of sp³-hybridized carbons (Fsp3) is 0.333. The van der Waals surface area contributed by atoms with Crippen molar-refractivity contribution in [2.75, 3.05) is 0 Å². The number of aliphatic hydroxyl groups is 2. The molecule has 0 radical (unpaired) electrons. The van der Waals surface area contributed by atoms with Gasteiger partial charge in [-0.3, -0.25) is 0 Å². The molecule has 2 aromatic carbocycles. The smallest absolute Gasteiger partial charge is 0.423 e. The van der Waals surface area contributed by atoms with Gasteiger partial charge in [0.1, 0.15) is 0 Å². The highest BCUT2D eigenvalue weighted by molar-refractivity contribution is 6.60. The van der Waals surface area contributed by atoms with E-state index in [0.717, 1.165) is 11.1 Å². The van der Waals surface area contributed by atoms with Gasteiger partial charge in [-0.25, -0.2) is 0 Å². The summed E-state index contributed by atoms with van der Waals surface area (Å²) in [5.74, 6) is 0. The van der Waals surface area contributed by atoms with Gasteiger partial charge in [0.05, 0.1) is 11.2 Å². The van der Waals surface area contributed by atoms with Gasteiger partial charge in [0.2, 0.25) is 0 Å². The lowest BCUT2D eigenvalue weighted by molar-refractivity contribution is -0.107. The van der Waals surface area contributed by atoms with Crippen LogP contribution in [0.4, 0.5) is 0 Å². The van der Waals surface area contributed by atoms with Gasteiger partial charge in [-0.05, 0) is 44.3 Å². The molecule has 4 nitrogen and oxygen atoms in total. The second kappa shape index (κ2) is 7.75. The molecule has 2 aromatic rings. The van der Waals surface area contributed by atoms with E-state index in [0.29, 0.717) is 5.46 Å². The normalized spacial score (nSPS) is 11.5. The summed E-state index contributed by atoms with van der Waals surface area (Å²) in [5, 5.41) is 36.7. The van der Waals surface area contributed by atoms with Crippen molar-refractivity contribution in [1.29, 1.82) is 0 Å². The largest absolute Gasteiger partial charge is 0.489 e. The van der Waals surface area contributed by atoms with Crippen LogP contribution in [0.5, 0.6) is 0 Å². The first kappa shape index (κ1) is 19.4. The SMILES string of the molecule is CC(C)(O)C(C)(C)O.OB(O)c1ccccc1-c1ccccc1. The predicted octanol–water partition coefficient (Wildman–Crippen LogP) is 1.56. The van der Waals surface area contributed by atoms with Gasteiger partial charge in [0, 0.05) is 0 Å². The van der Waals surface area contributed by atoms with E-state index in [1.165, 1.54) is 0 Å². The van der Waals surface area contributed by atoms with Crippen LogP contribution in [-0.4, -0.2) is 38.6 Å². The standard InChI is InChI=1S/C12H11BO2.C6H14O2/c14-13(15)12-9-5-4-8-11(12)10-6-2-1-3-7-10;1-5(2,7)6(3,4)8/h1-9,14-15H;7-8H,1-4H3. The van der Waals surface area contributed by atoms with Crippen molar-refractivity contribution < 1.29 is 20.3 Å². The molecule has 0 aliphatic heterocycles. The van der Waals surface area contributed by atoms with Crippen LogP contribution < -0.4 is 5.46 Å². The van der Waals surface area contributed by atoms with Crippen molar-refractivity contribution in [1.82, 2.24) is 0 Å². The highest BCUT2D eigenvalue weighted by Crippen LogP contribution is 2.19. The molecule has 0 aliphatic rings. The van der Waals surface area contributed by atoms with Crippen LogP contribution in [0.1, 0.15) is 27.7 Å². The van der Waals surface area contributed by atoms with Gasteiger partial charge in [0.25, 0.3) is 0 Å². The van der Waals surface area contributed by atoms with Crippen molar-refractivity contribution in [3.05, 3.63) is 54.6 Å². The van der Waals surface area contributed by atoms with Gasteiger partial charge >= 0.3 is 7.12 Å². The fourth-order valence-electron chi connectivity index (χ4n) is 1.60. The molecule has 0 saturated carbocycles. The summed E-state index contributed by atoms with van der Waals surface area (Å²) in [6, 6.07) is 16.9. The first-order chi connectivity index (χ1) is 10.5. The minimum atomic E-state index is -1.43. The molecule has 23 heavy (non-hydrogen) atoms. The van der Waals surface area contributed by atoms with Crippen molar-refractivity contribution >= 4 is 12.6 Å². The third-order valence-corrected chi connectivity index (χ3v) is 3.82. The number of hydrogen-bond acceptors (Lipinski definition) is 4. The molecule has 0 unspecified atom stereocenters. The molecule has 124 valence electrons. The van der Waals surface area contributed by atoms with Crippen molar-refractivity contribution in [3.63, 3.8) is 0 Å². The van der Waals surface area contributed by atoms with E-state index in [4.69, 9.17) is 10.2 Å². The van der Waals surface area contributed by atoms with Gasteiger partial charge in [0.15, 0.2) is 0 Å². The lowest BCUT2D eigenvalue weighted by atomic mass is 9.75. The van der Waals surface area contributed by atoms with E-state index in [2.05, 4.69) is 0 Å². The summed E-state index contributed by atoms with van der Waals surface area (Å²) in [5.41, 5.74) is 0.359.